The quantitative estimate of drug-likeness (QED) is 0.157. The molecule has 37 heavy (non-hydrogen) atoms. The van der Waals surface area contributed by atoms with E-state index in [0.29, 0.717) is 5.41 Å². The van der Waals surface area contributed by atoms with Gasteiger partial charge in [-0.1, -0.05) is 162 Å². The lowest BCUT2D eigenvalue weighted by Crippen LogP contribution is -2.19. The van der Waals surface area contributed by atoms with E-state index in [1.807, 2.05) is 0 Å². The normalized spacial score (nSPS) is 12.2. The first kappa shape index (κ1) is 41.5. The van der Waals surface area contributed by atoms with Gasteiger partial charge in [-0.2, -0.15) is 0 Å². The summed E-state index contributed by atoms with van der Waals surface area (Å²) >= 11 is 0. The van der Waals surface area contributed by atoms with Gasteiger partial charge in [0, 0.05) is 0 Å². The summed E-state index contributed by atoms with van der Waals surface area (Å²) in [6.07, 6.45) is 19.4. The minimum atomic E-state index is 0.647. The zero-order valence-corrected chi connectivity index (χ0v) is 29.4. The van der Waals surface area contributed by atoms with Gasteiger partial charge in [-0.05, 0) is 78.9 Å². The molecule has 0 atom stereocenters. The van der Waals surface area contributed by atoms with Crippen molar-refractivity contribution in [3.63, 3.8) is 0 Å². The summed E-state index contributed by atoms with van der Waals surface area (Å²) in [6.45, 7) is 35.0. The number of hydrogen-bond acceptors (Lipinski definition) is 0. The van der Waals surface area contributed by atoms with Crippen LogP contribution in [0.4, 0.5) is 0 Å². The first-order valence-corrected chi connectivity index (χ1v) is 17.4. The summed E-state index contributed by atoms with van der Waals surface area (Å²) < 4.78 is 0. The van der Waals surface area contributed by atoms with Crippen molar-refractivity contribution in [1.82, 2.24) is 0 Å². The first-order chi connectivity index (χ1) is 17.4. The lowest BCUT2D eigenvalue weighted by Gasteiger charge is -2.32. The Morgan fingerprint density at radius 2 is 0.622 bits per heavy atom. The average molecular weight is 525 g/mol. The number of hydrogen-bond donors (Lipinski definition) is 0. The molecule has 0 heterocycles. The van der Waals surface area contributed by atoms with Crippen LogP contribution in [0, 0.1) is 46.8 Å². The molecule has 0 saturated heterocycles. The molecule has 0 aliphatic heterocycles. The summed E-state index contributed by atoms with van der Waals surface area (Å²) in [4.78, 5) is 0. The molecule has 0 aliphatic rings. The Kier molecular flexibility index (Phi) is 29.4. The van der Waals surface area contributed by atoms with Crippen molar-refractivity contribution in [2.75, 3.05) is 0 Å². The summed E-state index contributed by atoms with van der Waals surface area (Å²) in [5, 5.41) is 0. The van der Waals surface area contributed by atoms with E-state index in [-0.39, 0.29) is 0 Å². The second-order valence-corrected chi connectivity index (χ2v) is 13.8. The van der Waals surface area contributed by atoms with Crippen LogP contribution in [0.2, 0.25) is 0 Å². The standard InChI is InChI=1S/C17H36.C11H24.C9H20/c1-7-15(8-2)12-17(11-14(5)6)13-16(9-3)10-4;1-6-11(7-2,8-3)9-10(4)5;1-5-9(6-2)7-8(3)4/h14-17H,7-13H2,1-6H3;10H,6-9H2,1-5H3;8-9H,5-7H2,1-4H3. The van der Waals surface area contributed by atoms with E-state index in [4.69, 9.17) is 0 Å². The van der Waals surface area contributed by atoms with E-state index in [9.17, 15) is 0 Å². The fraction of sp³-hybridized carbons (Fsp3) is 1.00. The molecule has 0 aromatic carbocycles. The molecule has 0 spiro atoms. The maximum absolute atomic E-state index is 2.38. The van der Waals surface area contributed by atoms with Gasteiger partial charge < -0.3 is 0 Å². The van der Waals surface area contributed by atoms with Crippen LogP contribution in [-0.2, 0) is 0 Å². The van der Waals surface area contributed by atoms with Crippen molar-refractivity contribution in [2.45, 2.75) is 194 Å². The van der Waals surface area contributed by atoms with Gasteiger partial charge in [0.1, 0.15) is 0 Å². The average Bonchev–Trinajstić information content (AvgIpc) is 2.87. The Labute approximate surface area is 240 Å². The highest BCUT2D eigenvalue weighted by molar-refractivity contribution is 4.76. The lowest BCUT2D eigenvalue weighted by atomic mass is 9.74. The van der Waals surface area contributed by atoms with Gasteiger partial charge in [-0.15, -0.1) is 0 Å². The molecule has 0 saturated carbocycles. The van der Waals surface area contributed by atoms with E-state index < -0.39 is 0 Å². The van der Waals surface area contributed by atoms with E-state index >= 15 is 0 Å². The van der Waals surface area contributed by atoms with Crippen molar-refractivity contribution >= 4 is 0 Å². The van der Waals surface area contributed by atoms with Gasteiger partial charge in [0.25, 0.3) is 0 Å². The Balaban J connectivity index is -0.000000500. The maximum Gasteiger partial charge on any atom is -0.0303 e. The molecule has 228 valence electrons. The smallest absolute Gasteiger partial charge is 0.0303 e. The van der Waals surface area contributed by atoms with Gasteiger partial charge in [0.05, 0.1) is 0 Å². The molecule has 0 amide bonds. The molecule has 0 fully saturated rings. The SMILES string of the molecule is CCC(CC)(CC)CC(C)C.CCC(CC)CC(C)C.CCC(CC)CC(CC(C)C)CC(CC)CC. The molecule has 0 aromatic heterocycles. The van der Waals surface area contributed by atoms with E-state index in [1.165, 1.54) is 89.9 Å². The van der Waals surface area contributed by atoms with Crippen molar-refractivity contribution in [3.8, 4) is 0 Å². The van der Waals surface area contributed by atoms with Crippen LogP contribution >= 0.6 is 0 Å². The molecular weight excluding hydrogens is 444 g/mol. The van der Waals surface area contributed by atoms with Crippen LogP contribution in [0.15, 0.2) is 0 Å². The molecular formula is C37H80. The van der Waals surface area contributed by atoms with Crippen molar-refractivity contribution in [2.24, 2.45) is 46.8 Å². The van der Waals surface area contributed by atoms with Crippen LogP contribution in [0.25, 0.3) is 0 Å². The summed E-state index contributed by atoms with van der Waals surface area (Å²) in [5.41, 5.74) is 0.647. The molecule has 0 bridgehead atoms. The monoisotopic (exact) mass is 525 g/mol. The minimum Gasteiger partial charge on any atom is -0.0651 e. The van der Waals surface area contributed by atoms with Crippen molar-refractivity contribution < 1.29 is 0 Å². The fourth-order valence-corrected chi connectivity index (χ4v) is 6.48. The maximum atomic E-state index is 2.38. The third kappa shape index (κ3) is 23.6. The minimum absolute atomic E-state index is 0.647. The van der Waals surface area contributed by atoms with Crippen molar-refractivity contribution in [1.29, 1.82) is 0 Å². The Bertz CT molecular complexity index is 393. The highest BCUT2D eigenvalue weighted by Gasteiger charge is 2.24. The molecule has 0 N–H and O–H groups in total. The highest BCUT2D eigenvalue weighted by Crippen LogP contribution is 2.37. The summed E-state index contributed by atoms with van der Waals surface area (Å²) in [6, 6.07) is 0. The Morgan fingerprint density at radius 1 is 0.351 bits per heavy atom. The van der Waals surface area contributed by atoms with Gasteiger partial charge in [0.2, 0.25) is 0 Å². The molecule has 0 unspecified atom stereocenters. The largest absolute Gasteiger partial charge is 0.0651 e. The second kappa shape index (κ2) is 26.2. The zero-order chi connectivity index (χ0) is 29.4. The third-order valence-electron chi connectivity index (χ3n) is 9.50. The Morgan fingerprint density at radius 3 is 0.784 bits per heavy atom. The van der Waals surface area contributed by atoms with Gasteiger partial charge >= 0.3 is 0 Å². The molecule has 0 radical (unpaired) electrons. The lowest BCUT2D eigenvalue weighted by molar-refractivity contribution is 0.198. The first-order valence-electron chi connectivity index (χ1n) is 17.4. The molecule has 0 heteroatoms. The predicted octanol–water partition coefficient (Wildman–Crippen LogP) is 14.0. The van der Waals surface area contributed by atoms with Crippen LogP contribution in [0.5, 0.6) is 0 Å². The van der Waals surface area contributed by atoms with Gasteiger partial charge in [-0.25, -0.2) is 0 Å². The second-order valence-electron chi connectivity index (χ2n) is 13.8. The zero-order valence-electron chi connectivity index (χ0n) is 29.4. The van der Waals surface area contributed by atoms with Crippen LogP contribution < -0.4 is 0 Å². The van der Waals surface area contributed by atoms with Gasteiger partial charge in [0.15, 0.2) is 0 Å². The van der Waals surface area contributed by atoms with Crippen LogP contribution in [-0.4, -0.2) is 0 Å². The number of rotatable bonds is 19. The van der Waals surface area contributed by atoms with E-state index in [1.54, 1.807) is 0 Å². The van der Waals surface area contributed by atoms with Gasteiger partial charge in [-0.3, -0.25) is 0 Å². The topological polar surface area (TPSA) is 0 Å². The summed E-state index contributed by atoms with van der Waals surface area (Å²) in [7, 11) is 0. The Hall–Kier alpha value is 0. The fourth-order valence-electron chi connectivity index (χ4n) is 6.48. The predicted molar refractivity (Wildman–Crippen MR) is 177 cm³/mol. The third-order valence-corrected chi connectivity index (χ3v) is 9.50. The molecule has 0 nitrogen and oxygen atoms in total. The molecule has 0 aliphatic carbocycles. The van der Waals surface area contributed by atoms with Crippen molar-refractivity contribution in [3.05, 3.63) is 0 Å². The van der Waals surface area contributed by atoms with Crippen LogP contribution in [0.1, 0.15) is 194 Å². The van der Waals surface area contributed by atoms with Crippen LogP contribution in [0.3, 0.4) is 0 Å². The molecule has 0 rings (SSSR count). The molecule has 0 aromatic rings. The van der Waals surface area contributed by atoms with E-state index in [0.717, 1.165) is 41.4 Å². The summed E-state index contributed by atoms with van der Waals surface area (Å²) in [5.74, 6) is 6.49. The van der Waals surface area contributed by atoms with E-state index in [2.05, 4.69) is 104 Å². The highest BCUT2D eigenvalue weighted by atomic mass is 14.3.